The van der Waals surface area contributed by atoms with Crippen LogP contribution in [0, 0.1) is 5.92 Å². The Hall–Kier alpha value is -1.62. The van der Waals surface area contributed by atoms with Gasteiger partial charge in [0, 0.05) is 12.3 Å². The van der Waals surface area contributed by atoms with Gasteiger partial charge in [0.25, 0.3) is 0 Å². The van der Waals surface area contributed by atoms with Crippen molar-refractivity contribution in [1.82, 2.24) is 10.3 Å². The number of rotatable bonds is 5. The number of aromatic nitrogens is 1. The number of nitrogens with zero attached hydrogens (tertiary/aromatic N) is 1. The lowest BCUT2D eigenvalue weighted by Gasteiger charge is -2.34. The molecule has 17 heavy (non-hydrogen) atoms. The summed E-state index contributed by atoms with van der Waals surface area (Å²) in [5, 5.41) is 3.15. The normalized spacial score (nSPS) is 22.9. The van der Waals surface area contributed by atoms with E-state index >= 15 is 0 Å². The van der Waals surface area contributed by atoms with Crippen molar-refractivity contribution < 1.29 is 9.53 Å². The summed E-state index contributed by atoms with van der Waals surface area (Å²) in [7, 11) is 1.96. The van der Waals surface area contributed by atoms with Gasteiger partial charge in [-0.3, -0.25) is 4.79 Å². The highest BCUT2D eigenvalue weighted by atomic mass is 16.5. The maximum Gasteiger partial charge on any atom is 0.250 e. The number of ether oxygens (including phenoxy) is 1. The van der Waals surface area contributed by atoms with Crippen LogP contribution in [0.5, 0.6) is 5.88 Å². The standard InChI is InChI=1S/C12H17N3O2/c1-14-6-8-4-10(5-8)17-11-3-2-9(7-15-11)12(13)16/h2-3,7-8,10,14H,4-6H2,1H3,(H2,13,16). The molecule has 0 aliphatic heterocycles. The highest BCUT2D eigenvalue weighted by Crippen LogP contribution is 2.30. The van der Waals surface area contributed by atoms with E-state index in [2.05, 4.69) is 10.3 Å². The van der Waals surface area contributed by atoms with Crippen LogP contribution in [0.3, 0.4) is 0 Å². The van der Waals surface area contributed by atoms with Crippen LogP contribution in [-0.2, 0) is 0 Å². The Kier molecular flexibility index (Phi) is 3.58. The fraction of sp³-hybridized carbons (Fsp3) is 0.500. The van der Waals surface area contributed by atoms with Crippen molar-refractivity contribution in [3.05, 3.63) is 23.9 Å². The molecule has 0 saturated heterocycles. The average Bonchev–Trinajstić information content (AvgIpc) is 2.27. The van der Waals surface area contributed by atoms with Crippen molar-refractivity contribution in [2.75, 3.05) is 13.6 Å². The molecule has 1 aliphatic carbocycles. The number of carbonyl (C=O) groups is 1. The van der Waals surface area contributed by atoms with Crippen LogP contribution in [0.1, 0.15) is 23.2 Å². The lowest BCUT2D eigenvalue weighted by molar-refractivity contribution is 0.0617. The molecular formula is C12H17N3O2. The van der Waals surface area contributed by atoms with Crippen LogP contribution in [0.15, 0.2) is 18.3 Å². The van der Waals surface area contributed by atoms with Gasteiger partial charge in [-0.2, -0.15) is 0 Å². The summed E-state index contributed by atoms with van der Waals surface area (Å²) < 4.78 is 5.67. The van der Waals surface area contributed by atoms with Gasteiger partial charge in [-0.05, 0) is 38.4 Å². The minimum absolute atomic E-state index is 0.250. The number of pyridine rings is 1. The zero-order valence-corrected chi connectivity index (χ0v) is 9.85. The van der Waals surface area contributed by atoms with Gasteiger partial charge in [0.2, 0.25) is 11.8 Å². The van der Waals surface area contributed by atoms with E-state index in [-0.39, 0.29) is 6.10 Å². The number of hydrogen-bond donors (Lipinski definition) is 2. The summed E-state index contributed by atoms with van der Waals surface area (Å²) in [6.45, 7) is 1.04. The van der Waals surface area contributed by atoms with Crippen LogP contribution in [0.4, 0.5) is 0 Å². The third-order valence-corrected chi connectivity index (χ3v) is 2.99. The van der Waals surface area contributed by atoms with Gasteiger partial charge in [0.15, 0.2) is 0 Å². The minimum Gasteiger partial charge on any atom is -0.474 e. The summed E-state index contributed by atoms with van der Waals surface area (Å²) in [5.74, 6) is 0.791. The molecule has 1 fully saturated rings. The summed E-state index contributed by atoms with van der Waals surface area (Å²) >= 11 is 0. The van der Waals surface area contributed by atoms with Crippen LogP contribution in [0.25, 0.3) is 0 Å². The summed E-state index contributed by atoms with van der Waals surface area (Å²) in [4.78, 5) is 14.9. The zero-order chi connectivity index (χ0) is 12.3. The molecule has 0 bridgehead atoms. The second-order valence-electron chi connectivity index (χ2n) is 4.38. The van der Waals surface area contributed by atoms with Crippen molar-refractivity contribution >= 4 is 5.91 Å². The van der Waals surface area contributed by atoms with Crippen molar-refractivity contribution in [2.24, 2.45) is 11.7 Å². The Morgan fingerprint density at radius 2 is 2.35 bits per heavy atom. The monoisotopic (exact) mass is 235 g/mol. The van der Waals surface area contributed by atoms with Gasteiger partial charge >= 0.3 is 0 Å². The van der Waals surface area contributed by atoms with Crippen molar-refractivity contribution in [3.63, 3.8) is 0 Å². The molecule has 0 aromatic carbocycles. The number of nitrogens with two attached hydrogens (primary N) is 1. The van der Waals surface area contributed by atoms with Gasteiger partial charge in [-0.25, -0.2) is 4.98 Å². The van der Waals surface area contributed by atoms with Gasteiger partial charge in [-0.15, -0.1) is 0 Å². The van der Waals surface area contributed by atoms with Gasteiger partial charge in [0.05, 0.1) is 5.56 Å². The van der Waals surface area contributed by atoms with E-state index in [0.717, 1.165) is 19.4 Å². The molecule has 5 heteroatoms. The molecule has 3 N–H and O–H groups in total. The molecule has 0 radical (unpaired) electrons. The largest absolute Gasteiger partial charge is 0.474 e. The van der Waals surface area contributed by atoms with E-state index in [1.165, 1.54) is 6.20 Å². The van der Waals surface area contributed by atoms with Crippen LogP contribution < -0.4 is 15.8 Å². The summed E-state index contributed by atoms with van der Waals surface area (Å²) in [6.07, 6.45) is 3.81. The third-order valence-electron chi connectivity index (χ3n) is 2.99. The molecule has 1 aromatic rings. The van der Waals surface area contributed by atoms with Gasteiger partial charge < -0.3 is 15.8 Å². The van der Waals surface area contributed by atoms with Crippen molar-refractivity contribution in [3.8, 4) is 5.88 Å². The van der Waals surface area contributed by atoms with E-state index in [1.54, 1.807) is 12.1 Å². The fourth-order valence-electron chi connectivity index (χ4n) is 1.99. The van der Waals surface area contributed by atoms with Crippen LogP contribution in [0.2, 0.25) is 0 Å². The maximum absolute atomic E-state index is 10.9. The molecule has 0 atom stereocenters. The second-order valence-corrected chi connectivity index (χ2v) is 4.38. The first-order chi connectivity index (χ1) is 8.19. The zero-order valence-electron chi connectivity index (χ0n) is 9.85. The highest BCUT2D eigenvalue weighted by Gasteiger charge is 2.30. The Morgan fingerprint density at radius 3 is 2.88 bits per heavy atom. The third kappa shape index (κ3) is 2.94. The molecule has 0 unspecified atom stereocenters. The molecule has 1 saturated carbocycles. The average molecular weight is 235 g/mol. The van der Waals surface area contributed by atoms with Crippen molar-refractivity contribution in [2.45, 2.75) is 18.9 Å². The fourth-order valence-corrected chi connectivity index (χ4v) is 1.99. The molecule has 1 heterocycles. The molecule has 1 aromatic heterocycles. The van der Waals surface area contributed by atoms with Crippen LogP contribution >= 0.6 is 0 Å². The molecule has 1 amide bonds. The van der Waals surface area contributed by atoms with E-state index in [9.17, 15) is 4.79 Å². The Morgan fingerprint density at radius 1 is 1.59 bits per heavy atom. The summed E-state index contributed by atoms with van der Waals surface area (Å²) in [5.41, 5.74) is 5.53. The SMILES string of the molecule is CNCC1CC(Oc2ccc(C(N)=O)cn2)C1. The first-order valence-corrected chi connectivity index (χ1v) is 5.76. The Balaban J connectivity index is 1.82. The predicted molar refractivity (Wildman–Crippen MR) is 63.8 cm³/mol. The second kappa shape index (κ2) is 5.14. The summed E-state index contributed by atoms with van der Waals surface area (Å²) in [6, 6.07) is 3.32. The van der Waals surface area contributed by atoms with Gasteiger partial charge in [0.1, 0.15) is 6.10 Å². The molecule has 92 valence electrons. The Labute approximate surface area is 100 Å². The smallest absolute Gasteiger partial charge is 0.250 e. The highest BCUT2D eigenvalue weighted by molar-refractivity contribution is 5.92. The van der Waals surface area contributed by atoms with E-state index in [1.807, 2.05) is 7.05 Å². The van der Waals surface area contributed by atoms with Crippen LogP contribution in [-0.4, -0.2) is 30.6 Å². The molecule has 0 spiro atoms. The lowest BCUT2D eigenvalue weighted by atomic mass is 9.82. The van der Waals surface area contributed by atoms with E-state index in [0.29, 0.717) is 17.4 Å². The lowest BCUT2D eigenvalue weighted by Crippen LogP contribution is -2.38. The number of amides is 1. The number of primary amides is 1. The maximum atomic E-state index is 10.9. The number of hydrogen-bond acceptors (Lipinski definition) is 4. The van der Waals surface area contributed by atoms with Gasteiger partial charge in [-0.1, -0.05) is 0 Å². The topological polar surface area (TPSA) is 77.2 Å². The quantitative estimate of drug-likeness (QED) is 0.781. The minimum atomic E-state index is -0.471. The molecular weight excluding hydrogens is 218 g/mol. The number of nitrogens with one attached hydrogen (secondary N) is 1. The molecule has 5 nitrogen and oxygen atoms in total. The first kappa shape index (κ1) is 11.9. The van der Waals surface area contributed by atoms with E-state index in [4.69, 9.17) is 10.5 Å². The Bertz CT molecular complexity index is 385. The molecule has 2 rings (SSSR count). The molecule has 1 aliphatic rings. The van der Waals surface area contributed by atoms with E-state index < -0.39 is 5.91 Å². The first-order valence-electron chi connectivity index (χ1n) is 5.76. The van der Waals surface area contributed by atoms with Crippen molar-refractivity contribution in [1.29, 1.82) is 0 Å². The number of carbonyl (C=O) groups excluding carboxylic acids is 1. The predicted octanol–water partition coefficient (Wildman–Crippen LogP) is 0.557.